The number of rotatable bonds is 6. The van der Waals surface area contributed by atoms with E-state index in [4.69, 9.17) is 22.4 Å². The Labute approximate surface area is 120 Å². The lowest BCUT2D eigenvalue weighted by molar-refractivity contribution is -0.140. The van der Waals surface area contributed by atoms with Crippen molar-refractivity contribution < 1.29 is 19.5 Å². The molecule has 0 fully saturated rings. The molecule has 0 saturated carbocycles. The van der Waals surface area contributed by atoms with Crippen molar-refractivity contribution in [1.82, 2.24) is 9.88 Å². The first-order valence-corrected chi connectivity index (χ1v) is 6.29. The number of nitrogens with one attached hydrogen (secondary N) is 1. The SMILES string of the molecule is CC(C)n1cc(Cl)cc1C(=O)N[C@@H](CC(N)=O)C(=O)O. The molecule has 1 atom stereocenters. The average molecular weight is 302 g/mol. The smallest absolute Gasteiger partial charge is 0.326 e. The molecule has 1 aromatic heterocycles. The second kappa shape index (κ2) is 6.42. The Morgan fingerprint density at radius 2 is 2.05 bits per heavy atom. The summed E-state index contributed by atoms with van der Waals surface area (Å²) in [5, 5.41) is 11.6. The highest BCUT2D eigenvalue weighted by Crippen LogP contribution is 2.19. The zero-order chi connectivity index (χ0) is 15.4. The second-order valence-electron chi connectivity index (χ2n) is 4.58. The number of nitrogens with two attached hydrogens (primary N) is 1. The number of amides is 2. The van der Waals surface area contributed by atoms with Crippen LogP contribution in [0.1, 0.15) is 36.8 Å². The number of aromatic nitrogens is 1. The maximum Gasteiger partial charge on any atom is 0.326 e. The molecule has 0 aliphatic heterocycles. The van der Waals surface area contributed by atoms with Crippen LogP contribution in [0.2, 0.25) is 5.02 Å². The summed E-state index contributed by atoms with van der Waals surface area (Å²) >= 11 is 5.85. The van der Waals surface area contributed by atoms with Crippen LogP contribution in [0.5, 0.6) is 0 Å². The summed E-state index contributed by atoms with van der Waals surface area (Å²) in [4.78, 5) is 33.8. The summed E-state index contributed by atoms with van der Waals surface area (Å²) in [6.45, 7) is 3.70. The highest BCUT2D eigenvalue weighted by Gasteiger charge is 2.24. The van der Waals surface area contributed by atoms with Gasteiger partial charge in [-0.25, -0.2) is 4.79 Å². The van der Waals surface area contributed by atoms with Gasteiger partial charge in [0.15, 0.2) is 0 Å². The molecule has 110 valence electrons. The number of carbonyl (C=O) groups excluding carboxylic acids is 2. The Balaban J connectivity index is 2.94. The van der Waals surface area contributed by atoms with Gasteiger partial charge in [0.05, 0.1) is 11.4 Å². The van der Waals surface area contributed by atoms with Crippen LogP contribution >= 0.6 is 11.6 Å². The van der Waals surface area contributed by atoms with Crippen LogP contribution in [0.25, 0.3) is 0 Å². The van der Waals surface area contributed by atoms with Gasteiger partial charge >= 0.3 is 5.97 Å². The predicted octanol–water partition coefficient (Wildman–Crippen LogP) is 0.781. The maximum atomic E-state index is 12.1. The number of primary amides is 1. The minimum absolute atomic E-state index is 0.0253. The molecule has 0 aromatic carbocycles. The van der Waals surface area contributed by atoms with Crippen LogP contribution in [0, 0.1) is 0 Å². The van der Waals surface area contributed by atoms with Crippen molar-refractivity contribution in [2.75, 3.05) is 0 Å². The highest BCUT2D eigenvalue weighted by molar-refractivity contribution is 6.31. The highest BCUT2D eigenvalue weighted by atomic mass is 35.5. The van der Waals surface area contributed by atoms with E-state index in [1.54, 1.807) is 10.8 Å². The molecule has 20 heavy (non-hydrogen) atoms. The molecule has 0 unspecified atom stereocenters. The van der Waals surface area contributed by atoms with Crippen molar-refractivity contribution >= 4 is 29.4 Å². The lowest BCUT2D eigenvalue weighted by Gasteiger charge is -2.16. The number of nitrogens with zero attached hydrogens (tertiary/aromatic N) is 1. The maximum absolute atomic E-state index is 12.1. The summed E-state index contributed by atoms with van der Waals surface area (Å²) in [5.41, 5.74) is 5.17. The largest absolute Gasteiger partial charge is 0.480 e. The van der Waals surface area contributed by atoms with Crippen LogP contribution in [0.15, 0.2) is 12.3 Å². The zero-order valence-corrected chi connectivity index (χ0v) is 11.8. The van der Waals surface area contributed by atoms with E-state index in [0.717, 1.165) is 0 Å². The molecule has 2 amide bonds. The quantitative estimate of drug-likeness (QED) is 0.720. The molecule has 7 nitrogen and oxygen atoms in total. The van der Waals surface area contributed by atoms with Crippen LogP contribution in [-0.4, -0.2) is 33.5 Å². The standard InChI is InChI=1S/C12H16ClN3O4/c1-6(2)16-5-7(13)3-9(16)11(18)15-8(12(19)20)4-10(14)17/h3,5-6,8H,4H2,1-2H3,(H2,14,17)(H,15,18)(H,19,20)/t8-/m0/s1. The van der Waals surface area contributed by atoms with Gasteiger partial charge in [0.1, 0.15) is 11.7 Å². The molecule has 8 heteroatoms. The molecule has 1 aromatic rings. The van der Waals surface area contributed by atoms with E-state index in [9.17, 15) is 14.4 Å². The predicted molar refractivity (Wildman–Crippen MR) is 72.5 cm³/mol. The molecule has 0 bridgehead atoms. The first-order chi connectivity index (χ1) is 9.22. The van der Waals surface area contributed by atoms with Gasteiger partial charge in [-0.3, -0.25) is 9.59 Å². The fourth-order valence-electron chi connectivity index (χ4n) is 1.69. The van der Waals surface area contributed by atoms with Gasteiger partial charge in [0.2, 0.25) is 5.91 Å². The first kappa shape index (κ1) is 16.0. The lowest BCUT2D eigenvalue weighted by atomic mass is 10.2. The summed E-state index contributed by atoms with van der Waals surface area (Å²) in [5.74, 6) is -2.76. The molecule has 0 saturated heterocycles. The van der Waals surface area contributed by atoms with Gasteiger partial charge in [-0.15, -0.1) is 0 Å². The molecule has 0 aliphatic rings. The Morgan fingerprint density at radius 3 is 2.50 bits per heavy atom. The number of carboxylic acid groups (broad SMARTS) is 1. The number of hydrogen-bond acceptors (Lipinski definition) is 3. The molecule has 0 aliphatic carbocycles. The van der Waals surface area contributed by atoms with Crippen molar-refractivity contribution in [3.05, 3.63) is 23.0 Å². The third kappa shape index (κ3) is 3.99. The second-order valence-corrected chi connectivity index (χ2v) is 5.02. The van der Waals surface area contributed by atoms with Gasteiger partial charge < -0.3 is 20.7 Å². The van der Waals surface area contributed by atoms with Crippen LogP contribution in [0.4, 0.5) is 0 Å². The van der Waals surface area contributed by atoms with Gasteiger partial charge in [0.25, 0.3) is 5.91 Å². The Kier molecular flexibility index (Phi) is 5.15. The fraction of sp³-hybridized carbons (Fsp3) is 0.417. The topological polar surface area (TPSA) is 114 Å². The molecule has 1 heterocycles. The monoisotopic (exact) mass is 301 g/mol. The summed E-state index contributed by atoms with van der Waals surface area (Å²) in [6.07, 6.45) is 1.10. The Hall–Kier alpha value is -2.02. The van der Waals surface area contributed by atoms with Gasteiger partial charge in [-0.1, -0.05) is 11.6 Å². The molecular weight excluding hydrogens is 286 g/mol. The van der Waals surface area contributed by atoms with Gasteiger partial charge in [0, 0.05) is 12.2 Å². The van der Waals surface area contributed by atoms with Crippen molar-refractivity contribution in [3.63, 3.8) is 0 Å². The number of carboxylic acids is 1. The van der Waals surface area contributed by atoms with E-state index < -0.39 is 30.2 Å². The minimum Gasteiger partial charge on any atom is -0.480 e. The van der Waals surface area contributed by atoms with Crippen LogP contribution in [-0.2, 0) is 9.59 Å². The molecule has 1 rings (SSSR count). The van der Waals surface area contributed by atoms with Crippen molar-refractivity contribution in [2.45, 2.75) is 32.4 Å². The first-order valence-electron chi connectivity index (χ1n) is 5.91. The minimum atomic E-state index is -1.37. The molecule has 0 radical (unpaired) electrons. The average Bonchev–Trinajstić information content (AvgIpc) is 2.69. The van der Waals surface area contributed by atoms with Crippen molar-refractivity contribution in [1.29, 1.82) is 0 Å². The Morgan fingerprint density at radius 1 is 1.45 bits per heavy atom. The van der Waals surface area contributed by atoms with Crippen LogP contribution < -0.4 is 11.1 Å². The van der Waals surface area contributed by atoms with Crippen molar-refractivity contribution in [2.24, 2.45) is 5.73 Å². The fourth-order valence-corrected chi connectivity index (χ4v) is 1.90. The molecule has 4 N–H and O–H groups in total. The lowest BCUT2D eigenvalue weighted by Crippen LogP contribution is -2.43. The molecular formula is C12H16ClN3O4. The number of halogens is 1. The number of hydrogen-bond donors (Lipinski definition) is 3. The van der Waals surface area contributed by atoms with E-state index >= 15 is 0 Å². The van der Waals surface area contributed by atoms with E-state index in [1.807, 2.05) is 13.8 Å². The van der Waals surface area contributed by atoms with E-state index in [2.05, 4.69) is 5.32 Å². The molecule has 0 spiro atoms. The van der Waals surface area contributed by atoms with Gasteiger partial charge in [-0.2, -0.15) is 0 Å². The zero-order valence-electron chi connectivity index (χ0n) is 11.1. The summed E-state index contributed by atoms with van der Waals surface area (Å²) in [7, 11) is 0. The third-order valence-electron chi connectivity index (χ3n) is 2.61. The number of carbonyl (C=O) groups is 3. The summed E-state index contributed by atoms with van der Waals surface area (Å²) in [6, 6.07) is 0.0389. The number of aliphatic carboxylic acids is 1. The normalized spacial score (nSPS) is 12.2. The van der Waals surface area contributed by atoms with E-state index in [0.29, 0.717) is 5.02 Å². The summed E-state index contributed by atoms with van der Waals surface area (Å²) < 4.78 is 1.61. The third-order valence-corrected chi connectivity index (χ3v) is 2.82. The van der Waals surface area contributed by atoms with E-state index in [1.165, 1.54) is 6.07 Å². The van der Waals surface area contributed by atoms with E-state index in [-0.39, 0.29) is 11.7 Å². The van der Waals surface area contributed by atoms with Crippen molar-refractivity contribution in [3.8, 4) is 0 Å². The van der Waals surface area contributed by atoms with Gasteiger partial charge in [-0.05, 0) is 19.9 Å². The Bertz CT molecular complexity index is 539. The van der Waals surface area contributed by atoms with Crippen LogP contribution in [0.3, 0.4) is 0 Å².